The third-order valence-electron chi connectivity index (χ3n) is 4.48. The van der Waals surface area contributed by atoms with Crippen LogP contribution in [0.1, 0.15) is 16.8 Å². The van der Waals surface area contributed by atoms with Gasteiger partial charge in [-0.2, -0.15) is 0 Å². The Balaban J connectivity index is 1.54. The summed E-state index contributed by atoms with van der Waals surface area (Å²) in [6, 6.07) is 20.1. The molecule has 3 aromatic rings. The number of fused-ring (bicyclic) bond motifs is 1. The summed E-state index contributed by atoms with van der Waals surface area (Å²) < 4.78 is 10.9. The fourth-order valence-corrected chi connectivity index (χ4v) is 3.23. The molecule has 1 N–H and O–H groups in total. The molecule has 1 aromatic heterocycles. The molecule has 0 saturated carbocycles. The molecule has 0 spiro atoms. The first kappa shape index (κ1) is 18.3. The summed E-state index contributed by atoms with van der Waals surface area (Å²) >= 11 is 5.72. The van der Waals surface area contributed by atoms with Crippen LogP contribution in [0.5, 0.6) is 11.5 Å². The Morgan fingerprint density at radius 2 is 1.86 bits per heavy atom. The lowest BCUT2D eigenvalue weighted by atomic mass is 10.2. The van der Waals surface area contributed by atoms with E-state index in [1.165, 1.54) is 5.56 Å². The van der Waals surface area contributed by atoms with Gasteiger partial charge in [0.05, 0.1) is 12.2 Å². The van der Waals surface area contributed by atoms with Crippen LogP contribution < -0.4 is 14.8 Å². The summed E-state index contributed by atoms with van der Waals surface area (Å²) in [5.74, 6) is 1.55. The number of pyridine rings is 1. The van der Waals surface area contributed by atoms with E-state index < -0.39 is 0 Å². The molecule has 1 aliphatic rings. The van der Waals surface area contributed by atoms with Crippen molar-refractivity contribution in [2.45, 2.75) is 20.0 Å². The molecule has 2 heterocycles. The lowest BCUT2D eigenvalue weighted by Gasteiger charge is -2.26. The normalized spacial score (nSPS) is 11.9. The van der Waals surface area contributed by atoms with Crippen LogP contribution in [0.25, 0.3) is 0 Å². The van der Waals surface area contributed by atoms with Gasteiger partial charge in [0.2, 0.25) is 6.79 Å². The Hall–Kier alpha value is -3.12. The van der Waals surface area contributed by atoms with E-state index >= 15 is 0 Å². The Labute approximate surface area is 169 Å². The number of nitrogens with one attached hydrogen (secondary N) is 1. The summed E-state index contributed by atoms with van der Waals surface area (Å²) in [6.07, 6.45) is 1.80. The predicted molar refractivity (Wildman–Crippen MR) is 113 cm³/mol. The Kier molecular flexibility index (Phi) is 5.39. The predicted octanol–water partition coefficient (Wildman–Crippen LogP) is 4.52. The highest BCUT2D eigenvalue weighted by Crippen LogP contribution is 2.33. The minimum absolute atomic E-state index is 0.268. The van der Waals surface area contributed by atoms with Crippen LogP contribution in [-0.4, -0.2) is 21.8 Å². The summed E-state index contributed by atoms with van der Waals surface area (Å²) in [6.45, 7) is 3.57. The van der Waals surface area contributed by atoms with Crippen molar-refractivity contribution in [3.8, 4) is 11.5 Å². The molecule has 0 saturated heterocycles. The maximum absolute atomic E-state index is 5.72. The Morgan fingerprint density at radius 3 is 2.64 bits per heavy atom. The van der Waals surface area contributed by atoms with E-state index in [1.807, 2.05) is 48.5 Å². The van der Waals surface area contributed by atoms with Gasteiger partial charge in [-0.15, -0.1) is 0 Å². The van der Waals surface area contributed by atoms with E-state index in [9.17, 15) is 0 Å². The van der Waals surface area contributed by atoms with Gasteiger partial charge < -0.3 is 19.7 Å². The van der Waals surface area contributed by atoms with Crippen molar-refractivity contribution >= 4 is 23.0 Å². The zero-order valence-corrected chi connectivity index (χ0v) is 16.4. The third kappa shape index (κ3) is 4.40. The molecular weight excluding hydrogens is 370 g/mol. The van der Waals surface area contributed by atoms with Crippen molar-refractivity contribution in [1.29, 1.82) is 0 Å². The first-order valence-electron chi connectivity index (χ1n) is 9.08. The van der Waals surface area contributed by atoms with Crippen molar-refractivity contribution in [2.75, 3.05) is 12.1 Å². The van der Waals surface area contributed by atoms with E-state index in [0.717, 1.165) is 28.4 Å². The van der Waals surface area contributed by atoms with E-state index in [0.29, 0.717) is 18.2 Å². The number of aromatic nitrogens is 1. The van der Waals surface area contributed by atoms with E-state index in [-0.39, 0.29) is 6.79 Å². The molecule has 6 heteroatoms. The SMILES string of the molecule is Cc1ccc(NC(=S)N(Cc2ccc3c(c2)OCO3)Cc2ccccn2)cc1. The maximum atomic E-state index is 5.72. The summed E-state index contributed by atoms with van der Waals surface area (Å²) in [5, 5.41) is 3.98. The highest BCUT2D eigenvalue weighted by atomic mass is 32.1. The molecular formula is C22H21N3O2S. The van der Waals surface area contributed by atoms with Gasteiger partial charge in [-0.3, -0.25) is 4.98 Å². The topological polar surface area (TPSA) is 46.6 Å². The fourth-order valence-electron chi connectivity index (χ4n) is 2.99. The van der Waals surface area contributed by atoms with Crippen molar-refractivity contribution in [2.24, 2.45) is 0 Å². The number of hydrogen-bond donors (Lipinski definition) is 1. The lowest BCUT2D eigenvalue weighted by molar-refractivity contribution is 0.174. The van der Waals surface area contributed by atoms with Crippen LogP contribution in [0.4, 0.5) is 5.69 Å². The van der Waals surface area contributed by atoms with Gasteiger partial charge in [0.25, 0.3) is 0 Å². The molecule has 0 radical (unpaired) electrons. The number of hydrogen-bond acceptors (Lipinski definition) is 4. The molecule has 142 valence electrons. The average Bonchev–Trinajstić information content (AvgIpc) is 3.18. The highest BCUT2D eigenvalue weighted by Gasteiger charge is 2.17. The Bertz CT molecular complexity index is 961. The first-order chi connectivity index (χ1) is 13.7. The lowest BCUT2D eigenvalue weighted by Crippen LogP contribution is -2.34. The zero-order valence-electron chi connectivity index (χ0n) is 15.6. The average molecular weight is 391 g/mol. The smallest absolute Gasteiger partial charge is 0.231 e. The number of rotatable bonds is 5. The molecule has 4 rings (SSSR count). The van der Waals surface area contributed by atoms with Crippen molar-refractivity contribution < 1.29 is 9.47 Å². The first-order valence-corrected chi connectivity index (χ1v) is 9.49. The molecule has 2 aromatic carbocycles. The van der Waals surface area contributed by atoms with Crippen LogP contribution >= 0.6 is 12.2 Å². The second-order valence-corrected chi connectivity index (χ2v) is 7.05. The largest absolute Gasteiger partial charge is 0.454 e. The van der Waals surface area contributed by atoms with Crippen LogP contribution in [-0.2, 0) is 13.1 Å². The molecule has 0 fully saturated rings. The minimum Gasteiger partial charge on any atom is -0.454 e. The van der Waals surface area contributed by atoms with Gasteiger partial charge in [-0.1, -0.05) is 29.8 Å². The van der Waals surface area contributed by atoms with E-state index in [2.05, 4.69) is 34.3 Å². The van der Waals surface area contributed by atoms with Crippen molar-refractivity contribution in [3.05, 3.63) is 83.7 Å². The molecule has 1 aliphatic heterocycles. The molecule has 0 amide bonds. The van der Waals surface area contributed by atoms with Crippen molar-refractivity contribution in [1.82, 2.24) is 9.88 Å². The highest BCUT2D eigenvalue weighted by molar-refractivity contribution is 7.80. The molecule has 28 heavy (non-hydrogen) atoms. The van der Waals surface area contributed by atoms with Gasteiger partial charge in [0.1, 0.15) is 0 Å². The Morgan fingerprint density at radius 1 is 1.04 bits per heavy atom. The summed E-state index contributed by atoms with van der Waals surface area (Å²) in [7, 11) is 0. The van der Waals surface area contributed by atoms with Gasteiger partial charge in [0.15, 0.2) is 16.6 Å². The van der Waals surface area contributed by atoms with E-state index in [4.69, 9.17) is 21.7 Å². The maximum Gasteiger partial charge on any atom is 0.231 e. The van der Waals surface area contributed by atoms with Crippen molar-refractivity contribution in [3.63, 3.8) is 0 Å². The van der Waals surface area contributed by atoms with Crippen LogP contribution in [0, 0.1) is 6.92 Å². The van der Waals surface area contributed by atoms with Crippen LogP contribution in [0.2, 0.25) is 0 Å². The number of nitrogens with zero attached hydrogens (tertiary/aromatic N) is 2. The molecule has 0 atom stereocenters. The van der Waals surface area contributed by atoms with Crippen LogP contribution in [0.15, 0.2) is 66.9 Å². The summed E-state index contributed by atoms with van der Waals surface area (Å²) in [4.78, 5) is 6.54. The van der Waals surface area contributed by atoms with E-state index in [1.54, 1.807) is 6.20 Å². The molecule has 5 nitrogen and oxygen atoms in total. The quantitative estimate of drug-likeness (QED) is 0.646. The minimum atomic E-state index is 0.268. The fraction of sp³-hybridized carbons (Fsp3) is 0.182. The van der Waals surface area contributed by atoms with Gasteiger partial charge in [-0.25, -0.2) is 0 Å². The number of aryl methyl sites for hydroxylation is 1. The van der Waals surface area contributed by atoms with Crippen LogP contribution in [0.3, 0.4) is 0 Å². The van der Waals surface area contributed by atoms with Gasteiger partial charge in [0, 0.05) is 18.4 Å². The zero-order chi connectivity index (χ0) is 19.3. The monoisotopic (exact) mass is 391 g/mol. The molecule has 0 bridgehead atoms. The third-order valence-corrected chi connectivity index (χ3v) is 4.84. The number of anilines is 1. The standard InChI is InChI=1S/C22H21N3O2S/c1-16-5-8-18(9-6-16)24-22(28)25(14-19-4-2-3-11-23-19)13-17-7-10-20-21(12-17)27-15-26-20/h2-12H,13-15H2,1H3,(H,24,28). The number of thiocarbonyl (C=S) groups is 1. The number of ether oxygens (including phenoxy) is 2. The molecule has 0 aliphatic carbocycles. The molecule has 0 unspecified atom stereocenters. The second-order valence-electron chi connectivity index (χ2n) is 6.66. The summed E-state index contributed by atoms with van der Waals surface area (Å²) in [5.41, 5.74) is 4.22. The second kappa shape index (κ2) is 8.27. The number of benzene rings is 2. The van der Waals surface area contributed by atoms with Gasteiger partial charge >= 0.3 is 0 Å². The van der Waals surface area contributed by atoms with Gasteiger partial charge in [-0.05, 0) is 61.1 Å².